The number of aromatic amines is 1. The van der Waals surface area contributed by atoms with Crippen LogP contribution in [0.25, 0.3) is 0 Å². The van der Waals surface area contributed by atoms with E-state index in [4.69, 9.17) is 16.4 Å². The minimum absolute atomic E-state index is 0.0489. The Labute approximate surface area is 222 Å². The zero-order valence-electron chi connectivity index (χ0n) is 19.2. The fourth-order valence-corrected chi connectivity index (χ4v) is 6.83. The molecular formula is C19H20ClN9O6S2. The van der Waals surface area contributed by atoms with Gasteiger partial charge in [0, 0.05) is 17.5 Å². The maximum absolute atomic E-state index is 13.1. The molecule has 18 heteroatoms. The summed E-state index contributed by atoms with van der Waals surface area (Å²) in [6.07, 6.45) is 0.411. The second kappa shape index (κ2) is 10.9. The molecule has 2 fully saturated rings. The number of amides is 3. The van der Waals surface area contributed by atoms with E-state index < -0.39 is 39.9 Å². The van der Waals surface area contributed by atoms with Crippen molar-refractivity contribution in [1.29, 1.82) is 0 Å². The third-order valence-electron chi connectivity index (χ3n) is 5.89. The molecule has 2 saturated heterocycles. The first kappa shape index (κ1) is 26.6. The normalized spacial score (nSPS) is 23.9. The molecule has 0 spiro atoms. The van der Waals surface area contributed by atoms with Gasteiger partial charge in [-0.1, -0.05) is 35.4 Å². The van der Waals surface area contributed by atoms with Gasteiger partial charge in [-0.2, -0.15) is 0 Å². The van der Waals surface area contributed by atoms with Crippen LogP contribution < -0.4 is 10.6 Å². The standard InChI is InChI=1S/C19H20ClN9O6S2/c1-8(37-18-24-27-28-25-18)19(17(33)34)5-29-15(32)13(16(29)36-6-19)23-14(31)12(26-35-2)11-9(20)3-4-10(22-11)21-7-30/h3-4,7-8,13,16H,5-6H2,1-2H3,(H,23,31)(H,33,34)(H,21,22,30)(H,24,25,27,28)/t8?,13?,16-,19?/m1/s1. The molecule has 0 aliphatic carbocycles. The number of tetrazole rings is 1. The first-order valence-corrected chi connectivity index (χ1v) is 12.9. The Morgan fingerprint density at radius 1 is 1.49 bits per heavy atom. The van der Waals surface area contributed by atoms with E-state index in [0.717, 1.165) is 0 Å². The third-order valence-corrected chi connectivity index (χ3v) is 8.94. The Morgan fingerprint density at radius 2 is 2.27 bits per heavy atom. The summed E-state index contributed by atoms with van der Waals surface area (Å²) in [6.45, 7) is 1.69. The lowest BCUT2D eigenvalue weighted by Gasteiger charge is -2.54. The molecule has 0 bridgehead atoms. The quantitative estimate of drug-likeness (QED) is 0.0966. The molecule has 4 N–H and O–H groups in total. The number of carbonyl (C=O) groups excluding carboxylic acids is 3. The van der Waals surface area contributed by atoms with E-state index in [1.807, 2.05) is 0 Å². The van der Waals surface area contributed by atoms with Crippen molar-refractivity contribution < 1.29 is 29.1 Å². The number of carboxylic acids is 1. The summed E-state index contributed by atoms with van der Waals surface area (Å²) in [5.74, 6) is -1.97. The van der Waals surface area contributed by atoms with Gasteiger partial charge in [0.1, 0.15) is 35.5 Å². The molecule has 0 saturated carbocycles. The number of rotatable bonds is 10. The average Bonchev–Trinajstić information content (AvgIpc) is 3.39. The van der Waals surface area contributed by atoms with Crippen LogP contribution in [0.3, 0.4) is 0 Å². The van der Waals surface area contributed by atoms with Crippen LogP contribution in [-0.2, 0) is 24.0 Å². The number of pyridine rings is 1. The molecule has 4 atom stereocenters. The van der Waals surface area contributed by atoms with Crippen LogP contribution >= 0.6 is 35.1 Å². The zero-order chi connectivity index (χ0) is 26.7. The molecule has 3 amide bonds. The van der Waals surface area contributed by atoms with E-state index in [1.165, 1.54) is 47.7 Å². The molecule has 196 valence electrons. The van der Waals surface area contributed by atoms with Gasteiger partial charge in [0.15, 0.2) is 5.71 Å². The number of halogens is 1. The number of H-pyrrole nitrogens is 1. The Morgan fingerprint density at radius 3 is 2.92 bits per heavy atom. The van der Waals surface area contributed by atoms with Crippen molar-refractivity contribution in [3.63, 3.8) is 0 Å². The predicted molar refractivity (Wildman–Crippen MR) is 132 cm³/mol. The lowest BCUT2D eigenvalue weighted by Crippen LogP contribution is -2.74. The van der Waals surface area contributed by atoms with E-state index >= 15 is 0 Å². The molecule has 15 nitrogen and oxygen atoms in total. The maximum Gasteiger partial charge on any atom is 0.313 e. The zero-order valence-corrected chi connectivity index (χ0v) is 21.6. The molecule has 0 aromatic carbocycles. The molecule has 4 rings (SSSR count). The van der Waals surface area contributed by atoms with E-state index in [1.54, 1.807) is 6.92 Å². The first-order chi connectivity index (χ1) is 17.7. The van der Waals surface area contributed by atoms with Gasteiger partial charge in [0.25, 0.3) is 5.91 Å². The molecule has 2 aromatic heterocycles. The van der Waals surface area contributed by atoms with Crippen molar-refractivity contribution in [1.82, 2.24) is 35.8 Å². The Balaban J connectivity index is 1.49. The van der Waals surface area contributed by atoms with E-state index in [9.17, 15) is 24.3 Å². The molecule has 3 unspecified atom stereocenters. The number of nitrogens with zero attached hydrogens (tertiary/aromatic N) is 6. The summed E-state index contributed by atoms with van der Waals surface area (Å²) in [5.41, 5.74) is -1.64. The Bertz CT molecular complexity index is 1250. The summed E-state index contributed by atoms with van der Waals surface area (Å²) in [6, 6.07) is 1.92. The number of carbonyl (C=O) groups is 4. The highest BCUT2D eigenvalue weighted by molar-refractivity contribution is 8.01. The fourth-order valence-electron chi connectivity index (χ4n) is 3.87. The second-order valence-corrected chi connectivity index (χ2v) is 10.8. The van der Waals surface area contributed by atoms with Crippen LogP contribution in [0.5, 0.6) is 0 Å². The number of oxime groups is 1. The van der Waals surface area contributed by atoms with E-state index in [0.29, 0.717) is 11.6 Å². The van der Waals surface area contributed by atoms with Crippen LogP contribution in [0.15, 0.2) is 22.4 Å². The third kappa shape index (κ3) is 5.05. The van der Waals surface area contributed by atoms with Gasteiger partial charge in [-0.25, -0.2) is 10.1 Å². The average molecular weight is 570 g/mol. The second-order valence-electron chi connectivity index (χ2n) is 7.96. The number of anilines is 1. The van der Waals surface area contributed by atoms with Crippen molar-refractivity contribution in [2.75, 3.05) is 24.7 Å². The van der Waals surface area contributed by atoms with Crippen molar-refractivity contribution in [3.8, 4) is 0 Å². The van der Waals surface area contributed by atoms with Gasteiger partial charge in [-0.3, -0.25) is 19.2 Å². The molecule has 2 aliphatic heterocycles. The number of aromatic nitrogens is 5. The summed E-state index contributed by atoms with van der Waals surface area (Å²) in [7, 11) is 1.22. The van der Waals surface area contributed by atoms with Gasteiger partial charge in [-0.15, -0.1) is 16.9 Å². The van der Waals surface area contributed by atoms with Crippen molar-refractivity contribution in [2.45, 2.75) is 28.7 Å². The lowest BCUT2D eigenvalue weighted by atomic mass is 9.84. The number of hydrogen-bond donors (Lipinski definition) is 4. The summed E-state index contributed by atoms with van der Waals surface area (Å²) < 4.78 is 0. The highest BCUT2D eigenvalue weighted by Gasteiger charge is 2.59. The molecule has 37 heavy (non-hydrogen) atoms. The van der Waals surface area contributed by atoms with Crippen LogP contribution in [0.4, 0.5) is 5.82 Å². The summed E-state index contributed by atoms with van der Waals surface area (Å²) in [5, 5.41) is 31.6. The SMILES string of the molecule is CON=C(C(=O)NC1C(=O)N2CC(C(=O)O)(C(C)Sc3nnn[nH]3)CS[C@H]12)c1nc(NC=O)ccc1Cl. The number of thioether (sulfide) groups is 2. The molecule has 4 heterocycles. The Hall–Kier alpha value is -3.44. The first-order valence-electron chi connectivity index (χ1n) is 10.6. The van der Waals surface area contributed by atoms with Crippen molar-refractivity contribution >= 4 is 70.8 Å². The van der Waals surface area contributed by atoms with Crippen molar-refractivity contribution in [2.24, 2.45) is 10.6 Å². The number of carboxylic acid groups (broad SMARTS) is 1. The van der Waals surface area contributed by atoms with Crippen LogP contribution in [0.1, 0.15) is 12.6 Å². The van der Waals surface area contributed by atoms with Gasteiger partial charge in [0.2, 0.25) is 17.5 Å². The van der Waals surface area contributed by atoms with Crippen LogP contribution in [-0.4, -0.2) is 102 Å². The van der Waals surface area contributed by atoms with Gasteiger partial charge in [0.05, 0.1) is 5.02 Å². The largest absolute Gasteiger partial charge is 0.481 e. The fraction of sp³-hybridized carbons (Fsp3) is 0.421. The van der Waals surface area contributed by atoms with Crippen molar-refractivity contribution in [3.05, 3.63) is 22.8 Å². The minimum Gasteiger partial charge on any atom is -0.481 e. The Kier molecular flexibility index (Phi) is 7.84. The predicted octanol–water partition coefficient (Wildman–Crippen LogP) is -0.181. The molecular weight excluding hydrogens is 550 g/mol. The smallest absolute Gasteiger partial charge is 0.313 e. The van der Waals surface area contributed by atoms with Crippen LogP contribution in [0, 0.1) is 5.41 Å². The molecule has 0 radical (unpaired) electrons. The summed E-state index contributed by atoms with van der Waals surface area (Å²) >= 11 is 8.61. The van der Waals surface area contributed by atoms with Gasteiger partial charge < -0.3 is 25.5 Å². The van der Waals surface area contributed by atoms with E-state index in [2.05, 4.69) is 41.4 Å². The van der Waals surface area contributed by atoms with Gasteiger partial charge >= 0.3 is 5.97 Å². The number of nitrogens with one attached hydrogen (secondary N) is 3. The highest BCUT2D eigenvalue weighted by Crippen LogP contribution is 2.47. The van der Waals surface area contributed by atoms with Gasteiger partial charge in [-0.05, 0) is 22.6 Å². The number of aliphatic carboxylic acids is 1. The number of β-lactam (4-membered cyclic amide) rings is 1. The monoisotopic (exact) mass is 569 g/mol. The van der Waals surface area contributed by atoms with Crippen LogP contribution in [0.2, 0.25) is 5.02 Å². The molecule has 2 aliphatic rings. The highest BCUT2D eigenvalue weighted by atomic mass is 35.5. The minimum atomic E-state index is -1.27. The molecule has 2 aromatic rings. The maximum atomic E-state index is 13.1. The van der Waals surface area contributed by atoms with E-state index in [-0.39, 0.29) is 34.5 Å². The lowest BCUT2D eigenvalue weighted by molar-refractivity contribution is -0.158. The number of fused-ring (bicyclic) bond motifs is 1. The topological polar surface area (TPSA) is 205 Å². The number of hydrogen-bond acceptors (Lipinski definition) is 12. The summed E-state index contributed by atoms with van der Waals surface area (Å²) in [4.78, 5) is 59.5.